The lowest BCUT2D eigenvalue weighted by Crippen LogP contribution is -2.31. The summed E-state index contributed by atoms with van der Waals surface area (Å²) in [5, 5.41) is 0.567. The number of hydrogen-bond donors (Lipinski definition) is 0. The van der Waals surface area contributed by atoms with E-state index in [0.29, 0.717) is 29.6 Å². The van der Waals surface area contributed by atoms with Gasteiger partial charge in [-0.25, -0.2) is 4.98 Å². The highest BCUT2D eigenvalue weighted by molar-refractivity contribution is 9.10. The van der Waals surface area contributed by atoms with Gasteiger partial charge in [0.15, 0.2) is 0 Å². The van der Waals surface area contributed by atoms with E-state index in [4.69, 9.17) is 16.3 Å². The molecule has 3 rings (SSSR count). The number of rotatable bonds is 3. The van der Waals surface area contributed by atoms with Crippen LogP contribution in [-0.4, -0.2) is 35.0 Å². The van der Waals surface area contributed by atoms with Crippen molar-refractivity contribution in [2.24, 2.45) is 0 Å². The molecule has 1 fully saturated rings. The van der Waals surface area contributed by atoms with Crippen LogP contribution >= 0.6 is 27.5 Å². The van der Waals surface area contributed by atoms with Crippen LogP contribution in [0.4, 0.5) is 0 Å². The van der Waals surface area contributed by atoms with Gasteiger partial charge in [-0.1, -0.05) is 17.7 Å². The van der Waals surface area contributed by atoms with Crippen molar-refractivity contribution in [2.45, 2.75) is 12.5 Å². The lowest BCUT2D eigenvalue weighted by Gasteiger charge is -2.17. The average molecular weight is 382 g/mol. The van der Waals surface area contributed by atoms with Crippen molar-refractivity contribution >= 4 is 33.4 Å². The first kappa shape index (κ1) is 15.3. The summed E-state index contributed by atoms with van der Waals surface area (Å²) in [5.41, 5.74) is 0.606. The van der Waals surface area contributed by atoms with Gasteiger partial charge in [0.2, 0.25) is 5.88 Å². The molecule has 0 radical (unpaired) electrons. The molecule has 2 heterocycles. The second-order valence-electron chi connectivity index (χ2n) is 5.10. The molecule has 22 heavy (non-hydrogen) atoms. The summed E-state index contributed by atoms with van der Waals surface area (Å²) in [6, 6.07) is 10.7. The van der Waals surface area contributed by atoms with E-state index in [-0.39, 0.29) is 12.0 Å². The van der Waals surface area contributed by atoms with E-state index in [2.05, 4.69) is 20.9 Å². The zero-order valence-corrected chi connectivity index (χ0v) is 14.0. The molecule has 1 aliphatic heterocycles. The van der Waals surface area contributed by atoms with E-state index in [1.807, 2.05) is 12.1 Å². The minimum absolute atomic E-state index is 0.0163. The number of nitrogens with zero attached hydrogens (tertiary/aromatic N) is 2. The number of halogens is 2. The third-order valence-corrected chi connectivity index (χ3v) is 4.20. The number of hydrogen-bond acceptors (Lipinski definition) is 3. The summed E-state index contributed by atoms with van der Waals surface area (Å²) in [6.07, 6.45) is 2.46. The van der Waals surface area contributed by atoms with Crippen molar-refractivity contribution in [3.05, 3.63) is 57.7 Å². The van der Waals surface area contributed by atoms with Crippen LogP contribution in [-0.2, 0) is 0 Å². The van der Waals surface area contributed by atoms with Crippen LogP contribution in [0.15, 0.2) is 47.1 Å². The fourth-order valence-corrected chi connectivity index (χ4v) is 2.84. The number of amides is 1. The van der Waals surface area contributed by atoms with Crippen molar-refractivity contribution in [2.75, 3.05) is 13.1 Å². The van der Waals surface area contributed by atoms with Gasteiger partial charge in [-0.15, -0.1) is 0 Å². The van der Waals surface area contributed by atoms with E-state index >= 15 is 0 Å². The quantitative estimate of drug-likeness (QED) is 0.812. The van der Waals surface area contributed by atoms with Crippen LogP contribution in [0.25, 0.3) is 0 Å². The third-order valence-electron chi connectivity index (χ3n) is 3.49. The molecule has 4 nitrogen and oxygen atoms in total. The molecule has 0 N–H and O–H groups in total. The predicted molar refractivity (Wildman–Crippen MR) is 88.3 cm³/mol. The number of likely N-dealkylation sites (tertiary alicyclic amines) is 1. The third kappa shape index (κ3) is 3.59. The van der Waals surface area contributed by atoms with Crippen LogP contribution in [0.5, 0.6) is 5.88 Å². The summed E-state index contributed by atoms with van der Waals surface area (Å²) < 4.78 is 6.72. The first-order valence-electron chi connectivity index (χ1n) is 6.95. The highest BCUT2D eigenvalue weighted by atomic mass is 79.9. The molecule has 6 heteroatoms. The summed E-state index contributed by atoms with van der Waals surface area (Å²) in [4.78, 5) is 18.4. The van der Waals surface area contributed by atoms with Crippen LogP contribution in [0.1, 0.15) is 16.8 Å². The van der Waals surface area contributed by atoms with Crippen molar-refractivity contribution in [3.8, 4) is 5.88 Å². The van der Waals surface area contributed by atoms with E-state index < -0.39 is 0 Å². The van der Waals surface area contributed by atoms with Crippen LogP contribution < -0.4 is 4.74 Å². The number of carbonyl (C=O) groups is 1. The van der Waals surface area contributed by atoms with Gasteiger partial charge in [0.25, 0.3) is 5.91 Å². The lowest BCUT2D eigenvalue weighted by molar-refractivity contribution is 0.0771. The summed E-state index contributed by atoms with van der Waals surface area (Å²) in [5.74, 6) is 0.558. The number of carbonyl (C=O) groups excluding carboxylic acids is 1. The smallest absolute Gasteiger partial charge is 0.254 e. The Labute approximate surface area is 142 Å². The van der Waals surface area contributed by atoms with E-state index in [9.17, 15) is 4.79 Å². The molecule has 1 aliphatic rings. The Kier molecular flexibility index (Phi) is 4.64. The van der Waals surface area contributed by atoms with E-state index in [1.54, 1.807) is 35.4 Å². The molecule has 1 saturated heterocycles. The minimum atomic E-state index is -0.0307. The molecule has 0 saturated carbocycles. The molecule has 0 aliphatic carbocycles. The van der Waals surface area contributed by atoms with E-state index in [0.717, 1.165) is 10.9 Å². The van der Waals surface area contributed by atoms with Crippen molar-refractivity contribution in [1.82, 2.24) is 9.88 Å². The fraction of sp³-hybridized carbons (Fsp3) is 0.250. The van der Waals surface area contributed by atoms with Gasteiger partial charge in [0, 0.05) is 40.3 Å². The monoisotopic (exact) mass is 380 g/mol. The summed E-state index contributed by atoms with van der Waals surface area (Å²) in [7, 11) is 0. The fourth-order valence-electron chi connectivity index (χ4n) is 2.42. The van der Waals surface area contributed by atoms with Gasteiger partial charge in [0.05, 0.1) is 6.54 Å². The Bertz CT molecular complexity index is 678. The average Bonchev–Trinajstić information content (AvgIpc) is 2.97. The Morgan fingerprint density at radius 3 is 2.95 bits per heavy atom. The molecule has 114 valence electrons. The van der Waals surface area contributed by atoms with Gasteiger partial charge in [-0.3, -0.25) is 4.79 Å². The maximum absolute atomic E-state index is 12.4. The molecule has 0 spiro atoms. The van der Waals surface area contributed by atoms with Gasteiger partial charge in [0.1, 0.15) is 6.10 Å². The van der Waals surface area contributed by atoms with Gasteiger partial charge >= 0.3 is 0 Å². The number of ether oxygens (including phenoxy) is 1. The second kappa shape index (κ2) is 6.67. The second-order valence-corrected chi connectivity index (χ2v) is 6.46. The molecule has 1 aromatic carbocycles. The highest BCUT2D eigenvalue weighted by Crippen LogP contribution is 2.20. The molecular formula is C16H14BrClN2O2. The zero-order chi connectivity index (χ0) is 15.5. The Balaban J connectivity index is 1.62. The Hall–Kier alpha value is -1.59. The van der Waals surface area contributed by atoms with Crippen LogP contribution in [0.3, 0.4) is 0 Å². The topological polar surface area (TPSA) is 42.4 Å². The van der Waals surface area contributed by atoms with Gasteiger partial charge in [-0.05, 0) is 40.2 Å². The van der Waals surface area contributed by atoms with Gasteiger partial charge < -0.3 is 9.64 Å². The SMILES string of the molecule is O=C(c1cccc(Cl)c1)N1CCC(Oc2ccc(Br)cn2)C1. The number of pyridine rings is 1. The molecule has 1 unspecified atom stereocenters. The lowest BCUT2D eigenvalue weighted by atomic mass is 10.2. The van der Waals surface area contributed by atoms with Crippen molar-refractivity contribution < 1.29 is 9.53 Å². The first-order chi connectivity index (χ1) is 10.6. The standard InChI is InChI=1S/C16H14BrClN2O2/c17-12-4-5-15(19-9-12)22-14-6-7-20(10-14)16(21)11-2-1-3-13(18)8-11/h1-5,8-9,14H,6-7,10H2. The van der Waals surface area contributed by atoms with Gasteiger partial charge in [-0.2, -0.15) is 0 Å². The molecular weight excluding hydrogens is 368 g/mol. The molecule has 2 aromatic rings. The predicted octanol–water partition coefficient (Wildman–Crippen LogP) is 3.79. The first-order valence-corrected chi connectivity index (χ1v) is 8.12. The van der Waals surface area contributed by atoms with Crippen molar-refractivity contribution in [3.63, 3.8) is 0 Å². The Morgan fingerprint density at radius 2 is 2.23 bits per heavy atom. The number of benzene rings is 1. The van der Waals surface area contributed by atoms with Crippen LogP contribution in [0.2, 0.25) is 5.02 Å². The zero-order valence-electron chi connectivity index (χ0n) is 11.7. The molecule has 1 atom stereocenters. The molecule has 1 aromatic heterocycles. The minimum Gasteiger partial charge on any atom is -0.472 e. The van der Waals surface area contributed by atoms with E-state index in [1.165, 1.54) is 0 Å². The summed E-state index contributed by atoms with van der Waals surface area (Å²) in [6.45, 7) is 1.23. The largest absolute Gasteiger partial charge is 0.472 e. The molecule has 1 amide bonds. The van der Waals surface area contributed by atoms with Crippen molar-refractivity contribution in [1.29, 1.82) is 0 Å². The maximum atomic E-state index is 12.4. The highest BCUT2D eigenvalue weighted by Gasteiger charge is 2.28. The summed E-state index contributed by atoms with van der Waals surface area (Å²) >= 11 is 9.27. The van der Waals surface area contributed by atoms with Crippen LogP contribution in [0, 0.1) is 0 Å². The molecule has 0 bridgehead atoms. The number of aromatic nitrogens is 1. The maximum Gasteiger partial charge on any atom is 0.254 e. The normalized spacial score (nSPS) is 17.5. The Morgan fingerprint density at radius 1 is 1.36 bits per heavy atom.